The van der Waals surface area contributed by atoms with Crippen molar-refractivity contribution in [2.45, 2.75) is 5.41 Å². The van der Waals surface area contributed by atoms with E-state index in [4.69, 9.17) is 4.42 Å². The van der Waals surface area contributed by atoms with Crippen LogP contribution in [0.4, 0.5) is 17.1 Å². The Labute approximate surface area is 413 Å². The first-order valence-electron chi connectivity index (χ1n) is 24.5. The van der Waals surface area contributed by atoms with E-state index >= 15 is 0 Å². The molecule has 0 bridgehead atoms. The van der Waals surface area contributed by atoms with Gasteiger partial charge in [-0.05, 0) is 137 Å². The number of para-hydroxylation sites is 1. The molecule has 2 nitrogen and oxygen atoms in total. The van der Waals surface area contributed by atoms with Crippen molar-refractivity contribution in [3.63, 3.8) is 0 Å². The summed E-state index contributed by atoms with van der Waals surface area (Å²) in [6.07, 6.45) is 0. The second-order valence-corrected chi connectivity index (χ2v) is 18.7. The van der Waals surface area contributed by atoms with Crippen LogP contribution in [0.5, 0.6) is 0 Å². The van der Waals surface area contributed by atoms with Crippen LogP contribution >= 0.6 is 0 Å². The fraction of sp³-hybridized carbons (Fsp3) is 0.0145. The monoisotopic (exact) mass is 903 g/mol. The van der Waals surface area contributed by atoms with Gasteiger partial charge in [0.05, 0.1) is 5.41 Å². The van der Waals surface area contributed by atoms with Crippen LogP contribution in [-0.2, 0) is 5.41 Å². The van der Waals surface area contributed by atoms with Crippen molar-refractivity contribution in [1.29, 1.82) is 0 Å². The van der Waals surface area contributed by atoms with Crippen LogP contribution in [0, 0.1) is 0 Å². The molecule has 1 heterocycles. The lowest BCUT2D eigenvalue weighted by atomic mass is 9.67. The van der Waals surface area contributed by atoms with E-state index in [1.165, 1.54) is 66.1 Å². The second-order valence-electron chi connectivity index (χ2n) is 18.7. The highest BCUT2D eigenvalue weighted by molar-refractivity contribution is 6.14. The Morgan fingerprint density at radius 3 is 1.55 bits per heavy atom. The molecule has 0 radical (unpaired) electrons. The molecule has 0 amide bonds. The van der Waals surface area contributed by atoms with Crippen molar-refractivity contribution in [3.8, 4) is 44.5 Å². The summed E-state index contributed by atoms with van der Waals surface area (Å²) in [6, 6.07) is 99.8. The smallest absolute Gasteiger partial charge is 0.143 e. The van der Waals surface area contributed by atoms with Gasteiger partial charge >= 0.3 is 0 Å². The van der Waals surface area contributed by atoms with Gasteiger partial charge in [0.1, 0.15) is 11.2 Å². The fourth-order valence-corrected chi connectivity index (χ4v) is 11.7. The van der Waals surface area contributed by atoms with Crippen LogP contribution in [-0.4, -0.2) is 0 Å². The molecule has 0 spiro atoms. The number of benzene rings is 12. The SMILES string of the molecule is c1ccc(-c2cccc3c2oc2ccc(-c4ccc(N(c5ccc(-c6cc7ccccc7c7ccccc67)cc5)c5ccc6c(c5)C(c5ccccc5)(c5ccccc5)c5ccccc5-6)cc4)cc23)cc1. The number of nitrogens with zero attached hydrogens (tertiary/aromatic N) is 1. The summed E-state index contributed by atoms with van der Waals surface area (Å²) in [5, 5.41) is 7.26. The van der Waals surface area contributed by atoms with E-state index in [0.29, 0.717) is 0 Å². The average Bonchev–Trinajstić information content (AvgIpc) is 3.98. The van der Waals surface area contributed by atoms with Gasteiger partial charge in [-0.3, -0.25) is 0 Å². The molecule has 0 fully saturated rings. The van der Waals surface area contributed by atoms with Gasteiger partial charge in [-0.15, -0.1) is 0 Å². The molecule has 1 aliphatic carbocycles. The first-order chi connectivity index (χ1) is 35.2. The normalized spacial score (nSPS) is 12.6. The molecule has 71 heavy (non-hydrogen) atoms. The Balaban J connectivity index is 0.926. The van der Waals surface area contributed by atoms with Gasteiger partial charge in [0.15, 0.2) is 0 Å². The Bertz CT molecular complexity index is 4100. The van der Waals surface area contributed by atoms with Crippen LogP contribution < -0.4 is 4.90 Å². The molecule has 14 rings (SSSR count). The molecule has 0 atom stereocenters. The maximum Gasteiger partial charge on any atom is 0.143 e. The lowest BCUT2D eigenvalue weighted by Crippen LogP contribution is -2.28. The molecular formula is C69H45NO. The van der Waals surface area contributed by atoms with Gasteiger partial charge in [-0.25, -0.2) is 0 Å². The van der Waals surface area contributed by atoms with Crippen molar-refractivity contribution in [3.05, 3.63) is 295 Å². The van der Waals surface area contributed by atoms with E-state index < -0.39 is 5.41 Å². The zero-order valence-electron chi connectivity index (χ0n) is 38.8. The quantitative estimate of drug-likeness (QED) is 0.141. The Morgan fingerprint density at radius 2 is 0.817 bits per heavy atom. The van der Waals surface area contributed by atoms with E-state index in [1.807, 2.05) is 0 Å². The standard InChI is InChI=1S/C69H45NO/c1-4-17-47(18-5-1)57-28-16-29-62-64-43-49(35-42-67(64)71-68(57)62)46-31-36-53(37-32-46)70(54-38-33-48(34-39-54)63-44-50-19-10-11-24-56(50)58-25-12-13-26-59(58)63)55-40-41-61-60-27-14-15-30-65(60)69(66(61)45-55,51-20-6-2-7-21-51)52-22-8-3-9-23-52/h1-45H. The Kier molecular flexibility index (Phi) is 9.47. The summed E-state index contributed by atoms with van der Waals surface area (Å²) >= 11 is 0. The predicted molar refractivity (Wildman–Crippen MR) is 297 cm³/mol. The summed E-state index contributed by atoms with van der Waals surface area (Å²) in [4.78, 5) is 2.42. The third-order valence-corrected chi connectivity index (χ3v) is 14.9. The molecule has 13 aromatic rings. The van der Waals surface area contributed by atoms with Gasteiger partial charge in [-0.1, -0.05) is 218 Å². The first kappa shape index (κ1) is 40.8. The van der Waals surface area contributed by atoms with Crippen molar-refractivity contribution in [1.82, 2.24) is 0 Å². The zero-order valence-corrected chi connectivity index (χ0v) is 38.8. The second kappa shape index (κ2) is 16.5. The summed E-state index contributed by atoms with van der Waals surface area (Å²) in [7, 11) is 0. The minimum Gasteiger partial charge on any atom is -0.455 e. The topological polar surface area (TPSA) is 16.4 Å². The van der Waals surface area contributed by atoms with Crippen molar-refractivity contribution in [2.24, 2.45) is 0 Å². The molecule has 1 aliphatic rings. The van der Waals surface area contributed by atoms with E-state index in [9.17, 15) is 0 Å². The molecule has 2 heteroatoms. The maximum atomic E-state index is 6.57. The first-order valence-corrected chi connectivity index (χ1v) is 24.5. The highest BCUT2D eigenvalue weighted by atomic mass is 16.3. The van der Waals surface area contributed by atoms with Crippen LogP contribution in [0.15, 0.2) is 277 Å². The lowest BCUT2D eigenvalue weighted by molar-refractivity contribution is 0.670. The Hall–Kier alpha value is -9.24. The highest BCUT2D eigenvalue weighted by Gasteiger charge is 2.46. The van der Waals surface area contributed by atoms with Gasteiger partial charge in [0.2, 0.25) is 0 Å². The summed E-state index contributed by atoms with van der Waals surface area (Å²) in [5.74, 6) is 0. The Morgan fingerprint density at radius 1 is 0.282 bits per heavy atom. The van der Waals surface area contributed by atoms with Crippen molar-refractivity contribution < 1.29 is 4.42 Å². The molecule has 0 unspecified atom stereocenters. The molecule has 0 N–H and O–H groups in total. The highest BCUT2D eigenvalue weighted by Crippen LogP contribution is 2.57. The molecule has 0 aliphatic heterocycles. The summed E-state index contributed by atoms with van der Waals surface area (Å²) in [5.41, 5.74) is 19.0. The molecule has 1 aromatic heterocycles. The minimum absolute atomic E-state index is 0.529. The van der Waals surface area contributed by atoms with Crippen LogP contribution in [0.1, 0.15) is 22.3 Å². The van der Waals surface area contributed by atoms with Crippen LogP contribution in [0.2, 0.25) is 0 Å². The number of furan rings is 1. The minimum atomic E-state index is -0.529. The third-order valence-electron chi connectivity index (χ3n) is 14.9. The summed E-state index contributed by atoms with van der Waals surface area (Å²) in [6.45, 7) is 0. The average molecular weight is 904 g/mol. The number of hydrogen-bond acceptors (Lipinski definition) is 2. The molecule has 12 aromatic carbocycles. The van der Waals surface area contributed by atoms with Crippen molar-refractivity contribution in [2.75, 3.05) is 4.90 Å². The number of rotatable bonds is 8. The van der Waals surface area contributed by atoms with Gasteiger partial charge in [-0.2, -0.15) is 0 Å². The van der Waals surface area contributed by atoms with Gasteiger partial charge < -0.3 is 9.32 Å². The maximum absolute atomic E-state index is 6.57. The fourth-order valence-electron chi connectivity index (χ4n) is 11.7. The lowest BCUT2D eigenvalue weighted by Gasteiger charge is -2.35. The van der Waals surface area contributed by atoms with Gasteiger partial charge in [0, 0.05) is 33.4 Å². The molecule has 0 saturated carbocycles. The van der Waals surface area contributed by atoms with Crippen LogP contribution in [0.25, 0.3) is 88.0 Å². The largest absolute Gasteiger partial charge is 0.455 e. The van der Waals surface area contributed by atoms with E-state index in [0.717, 1.165) is 61.3 Å². The van der Waals surface area contributed by atoms with E-state index in [-0.39, 0.29) is 0 Å². The number of anilines is 3. The number of hydrogen-bond donors (Lipinski definition) is 0. The summed E-state index contributed by atoms with van der Waals surface area (Å²) < 4.78 is 6.57. The molecular weight excluding hydrogens is 859 g/mol. The number of fused-ring (bicyclic) bond motifs is 9. The predicted octanol–water partition coefficient (Wildman–Crippen LogP) is 18.7. The molecule has 0 saturated heterocycles. The van der Waals surface area contributed by atoms with E-state index in [1.54, 1.807) is 0 Å². The van der Waals surface area contributed by atoms with Gasteiger partial charge in [0.25, 0.3) is 0 Å². The van der Waals surface area contributed by atoms with E-state index in [2.05, 4.69) is 278 Å². The molecule has 332 valence electrons. The van der Waals surface area contributed by atoms with Crippen molar-refractivity contribution >= 4 is 60.5 Å². The van der Waals surface area contributed by atoms with Crippen LogP contribution in [0.3, 0.4) is 0 Å². The zero-order chi connectivity index (χ0) is 46.9. The third kappa shape index (κ3) is 6.49.